The Morgan fingerprint density at radius 2 is 2.31 bits per heavy atom. The van der Waals surface area contributed by atoms with Crippen molar-refractivity contribution in [3.8, 4) is 5.75 Å². The van der Waals surface area contributed by atoms with Gasteiger partial charge in [-0.05, 0) is 6.07 Å². The fourth-order valence-corrected chi connectivity index (χ4v) is 2.02. The first-order valence-corrected chi connectivity index (χ1v) is 5.40. The number of benzene rings is 1. The van der Waals surface area contributed by atoms with Crippen molar-refractivity contribution in [1.82, 2.24) is 10.2 Å². The first kappa shape index (κ1) is 9.27. The van der Waals surface area contributed by atoms with Gasteiger partial charge in [0.15, 0.2) is 0 Å². The molecule has 1 aromatic carbocycles. The number of rotatable bonds is 2. The zero-order valence-corrected chi connectivity index (χ0v) is 8.81. The second kappa shape index (κ2) is 3.89. The van der Waals surface area contributed by atoms with Crippen LogP contribution in [0.3, 0.4) is 0 Å². The van der Waals surface area contributed by atoms with E-state index in [-0.39, 0.29) is 0 Å². The molecular formula is C12H13N3O. The van der Waals surface area contributed by atoms with Crippen molar-refractivity contribution < 1.29 is 4.74 Å². The largest absolute Gasteiger partial charge is 0.493 e. The summed E-state index contributed by atoms with van der Waals surface area (Å²) in [7, 11) is 0. The Morgan fingerprint density at radius 3 is 3.19 bits per heavy atom. The van der Waals surface area contributed by atoms with Gasteiger partial charge in [0.25, 0.3) is 0 Å². The number of fused-ring (bicyclic) bond motifs is 1. The van der Waals surface area contributed by atoms with E-state index in [1.807, 2.05) is 24.4 Å². The summed E-state index contributed by atoms with van der Waals surface area (Å²) >= 11 is 0. The van der Waals surface area contributed by atoms with Crippen LogP contribution in [0.4, 0.5) is 5.69 Å². The van der Waals surface area contributed by atoms with Crippen molar-refractivity contribution in [1.29, 1.82) is 0 Å². The molecule has 0 amide bonds. The Morgan fingerprint density at radius 1 is 1.38 bits per heavy atom. The van der Waals surface area contributed by atoms with E-state index in [1.165, 1.54) is 5.56 Å². The summed E-state index contributed by atoms with van der Waals surface area (Å²) in [4.78, 5) is 0. The van der Waals surface area contributed by atoms with Crippen LogP contribution in [0.1, 0.15) is 18.0 Å². The average Bonchev–Trinajstić information content (AvgIpc) is 2.82. The molecule has 1 unspecified atom stereocenters. The molecule has 82 valence electrons. The molecule has 16 heavy (non-hydrogen) atoms. The fraction of sp³-hybridized carbons (Fsp3) is 0.250. The Balaban J connectivity index is 1.87. The smallest absolute Gasteiger partial charge is 0.124 e. The molecule has 0 aliphatic carbocycles. The SMILES string of the molecule is c1ccc2c(c1)OCCC2Nc1cn[nH]c1. The molecule has 1 atom stereocenters. The number of nitrogens with one attached hydrogen (secondary N) is 2. The number of nitrogens with zero attached hydrogens (tertiary/aromatic N) is 1. The van der Waals surface area contributed by atoms with Crippen LogP contribution in [0.15, 0.2) is 36.7 Å². The number of anilines is 1. The maximum Gasteiger partial charge on any atom is 0.124 e. The Hall–Kier alpha value is -1.97. The molecule has 1 aliphatic heterocycles. The number of hydrogen-bond acceptors (Lipinski definition) is 3. The summed E-state index contributed by atoms with van der Waals surface area (Å²) in [5.74, 6) is 0.981. The topological polar surface area (TPSA) is 49.9 Å². The van der Waals surface area contributed by atoms with Gasteiger partial charge in [0, 0.05) is 18.2 Å². The van der Waals surface area contributed by atoms with Gasteiger partial charge in [0.2, 0.25) is 0 Å². The summed E-state index contributed by atoms with van der Waals surface area (Å²) in [6.45, 7) is 0.756. The molecule has 0 radical (unpaired) electrons. The first-order valence-electron chi connectivity index (χ1n) is 5.40. The van der Waals surface area contributed by atoms with Crippen molar-refractivity contribution in [2.75, 3.05) is 11.9 Å². The fourth-order valence-electron chi connectivity index (χ4n) is 2.02. The highest BCUT2D eigenvalue weighted by molar-refractivity contribution is 5.46. The molecule has 4 heteroatoms. The van der Waals surface area contributed by atoms with Crippen molar-refractivity contribution in [2.24, 2.45) is 0 Å². The van der Waals surface area contributed by atoms with Crippen molar-refractivity contribution in [3.63, 3.8) is 0 Å². The number of hydrogen-bond donors (Lipinski definition) is 2. The molecule has 3 rings (SSSR count). The summed E-state index contributed by atoms with van der Waals surface area (Å²) in [5.41, 5.74) is 2.23. The van der Waals surface area contributed by atoms with Crippen LogP contribution < -0.4 is 10.1 Å². The number of aromatic nitrogens is 2. The Kier molecular flexibility index (Phi) is 2.25. The molecule has 1 aliphatic rings. The number of para-hydroxylation sites is 1. The zero-order chi connectivity index (χ0) is 10.8. The molecule has 4 nitrogen and oxygen atoms in total. The molecule has 0 bridgehead atoms. The quantitative estimate of drug-likeness (QED) is 0.808. The van der Waals surface area contributed by atoms with E-state index in [2.05, 4.69) is 21.6 Å². The van der Waals surface area contributed by atoms with Gasteiger partial charge in [-0.1, -0.05) is 18.2 Å². The summed E-state index contributed by atoms with van der Waals surface area (Å²) < 4.78 is 5.61. The molecule has 2 N–H and O–H groups in total. The first-order chi connectivity index (χ1) is 7.93. The van der Waals surface area contributed by atoms with Gasteiger partial charge in [-0.15, -0.1) is 0 Å². The van der Waals surface area contributed by atoms with E-state index in [4.69, 9.17) is 4.74 Å². The van der Waals surface area contributed by atoms with Crippen LogP contribution in [0.2, 0.25) is 0 Å². The minimum absolute atomic E-state index is 0.308. The Bertz CT molecular complexity index is 467. The van der Waals surface area contributed by atoms with Crippen LogP contribution in [-0.2, 0) is 0 Å². The third-order valence-electron chi connectivity index (χ3n) is 2.80. The molecule has 0 saturated heterocycles. The molecule has 2 aromatic rings. The van der Waals surface area contributed by atoms with Gasteiger partial charge >= 0.3 is 0 Å². The standard InChI is InChI=1S/C12H13N3O/c1-2-4-12-10(3-1)11(5-6-16-12)15-9-7-13-14-8-9/h1-4,7-8,11,15H,5-6H2,(H,13,14). The minimum Gasteiger partial charge on any atom is -0.493 e. The number of H-pyrrole nitrogens is 1. The highest BCUT2D eigenvalue weighted by Crippen LogP contribution is 2.33. The lowest BCUT2D eigenvalue weighted by atomic mass is 10.0. The van der Waals surface area contributed by atoms with Crippen molar-refractivity contribution in [2.45, 2.75) is 12.5 Å². The second-order valence-electron chi connectivity index (χ2n) is 3.86. The van der Waals surface area contributed by atoms with Crippen LogP contribution in [-0.4, -0.2) is 16.8 Å². The summed E-state index contributed by atoms with van der Waals surface area (Å²) in [5, 5.41) is 10.2. The second-order valence-corrected chi connectivity index (χ2v) is 3.86. The van der Waals surface area contributed by atoms with Gasteiger partial charge in [0.05, 0.1) is 24.5 Å². The van der Waals surface area contributed by atoms with E-state index in [9.17, 15) is 0 Å². The maximum absolute atomic E-state index is 5.61. The van der Waals surface area contributed by atoms with Crippen LogP contribution in [0.5, 0.6) is 5.75 Å². The van der Waals surface area contributed by atoms with Gasteiger partial charge in [-0.3, -0.25) is 5.10 Å². The molecule has 0 saturated carbocycles. The lowest BCUT2D eigenvalue weighted by Crippen LogP contribution is -2.20. The number of ether oxygens (including phenoxy) is 1. The molecule has 2 heterocycles. The van der Waals surface area contributed by atoms with Gasteiger partial charge < -0.3 is 10.1 Å². The summed E-state index contributed by atoms with van der Waals surface area (Å²) in [6, 6.07) is 8.46. The third kappa shape index (κ3) is 1.62. The van der Waals surface area contributed by atoms with Crippen LogP contribution in [0, 0.1) is 0 Å². The highest BCUT2D eigenvalue weighted by atomic mass is 16.5. The number of aromatic amines is 1. The van der Waals surface area contributed by atoms with Crippen molar-refractivity contribution in [3.05, 3.63) is 42.2 Å². The third-order valence-corrected chi connectivity index (χ3v) is 2.80. The van der Waals surface area contributed by atoms with E-state index in [1.54, 1.807) is 6.20 Å². The monoisotopic (exact) mass is 215 g/mol. The van der Waals surface area contributed by atoms with E-state index < -0.39 is 0 Å². The summed E-state index contributed by atoms with van der Waals surface area (Å²) in [6.07, 6.45) is 4.62. The highest BCUT2D eigenvalue weighted by Gasteiger charge is 2.20. The van der Waals surface area contributed by atoms with Crippen LogP contribution >= 0.6 is 0 Å². The molecule has 0 fully saturated rings. The predicted molar refractivity (Wildman–Crippen MR) is 61.5 cm³/mol. The lowest BCUT2D eigenvalue weighted by Gasteiger charge is -2.26. The van der Waals surface area contributed by atoms with Gasteiger partial charge in [0.1, 0.15) is 5.75 Å². The normalized spacial score (nSPS) is 18.6. The molecular weight excluding hydrogens is 202 g/mol. The predicted octanol–water partition coefficient (Wildman–Crippen LogP) is 2.35. The lowest BCUT2D eigenvalue weighted by molar-refractivity contribution is 0.274. The average molecular weight is 215 g/mol. The van der Waals surface area contributed by atoms with E-state index in [0.29, 0.717) is 6.04 Å². The van der Waals surface area contributed by atoms with Crippen LogP contribution in [0.25, 0.3) is 0 Å². The molecule has 1 aromatic heterocycles. The van der Waals surface area contributed by atoms with Gasteiger partial charge in [-0.25, -0.2) is 0 Å². The van der Waals surface area contributed by atoms with E-state index >= 15 is 0 Å². The zero-order valence-electron chi connectivity index (χ0n) is 8.81. The Labute approximate surface area is 93.6 Å². The van der Waals surface area contributed by atoms with Gasteiger partial charge in [-0.2, -0.15) is 5.10 Å². The van der Waals surface area contributed by atoms with Crippen molar-refractivity contribution >= 4 is 5.69 Å². The molecule has 0 spiro atoms. The van der Waals surface area contributed by atoms with E-state index in [0.717, 1.165) is 24.5 Å². The minimum atomic E-state index is 0.308. The maximum atomic E-state index is 5.61.